The summed E-state index contributed by atoms with van der Waals surface area (Å²) in [6, 6.07) is 0. The summed E-state index contributed by atoms with van der Waals surface area (Å²) in [6.45, 7) is 3.02. The molecule has 0 aromatic carbocycles. The minimum absolute atomic E-state index is 0.0237. The zero-order chi connectivity index (χ0) is 14.9. The lowest BCUT2D eigenvalue weighted by Gasteiger charge is -2.21. The zero-order valence-electron chi connectivity index (χ0n) is 12.6. The summed E-state index contributed by atoms with van der Waals surface area (Å²) in [4.78, 5) is 9.40. The van der Waals surface area contributed by atoms with E-state index in [0.29, 0.717) is 6.42 Å². The van der Waals surface area contributed by atoms with Crippen molar-refractivity contribution in [1.29, 1.82) is 0 Å². The molecule has 1 atom stereocenters. The number of hydrogen-bond acceptors (Lipinski definition) is 5. The largest absolute Gasteiger partial charge is 0.370 e. The SMILES string of the molecule is CCCNc1nc(C2CCS(=O)(=O)C2)nc2c1CCCC2. The second-order valence-corrected chi connectivity index (χ2v) is 8.32. The highest BCUT2D eigenvalue weighted by molar-refractivity contribution is 7.91. The van der Waals surface area contributed by atoms with Crippen LogP contribution in [0.2, 0.25) is 0 Å². The van der Waals surface area contributed by atoms with Gasteiger partial charge in [-0.05, 0) is 38.5 Å². The van der Waals surface area contributed by atoms with Gasteiger partial charge < -0.3 is 5.32 Å². The quantitative estimate of drug-likeness (QED) is 0.922. The van der Waals surface area contributed by atoms with Gasteiger partial charge in [0.1, 0.15) is 11.6 Å². The van der Waals surface area contributed by atoms with Crippen LogP contribution < -0.4 is 5.32 Å². The van der Waals surface area contributed by atoms with Gasteiger partial charge in [-0.15, -0.1) is 0 Å². The first-order valence-corrected chi connectivity index (χ1v) is 9.75. The van der Waals surface area contributed by atoms with Crippen LogP contribution in [0.15, 0.2) is 0 Å². The molecule has 3 rings (SSSR count). The van der Waals surface area contributed by atoms with Crippen LogP contribution in [-0.2, 0) is 22.7 Å². The first kappa shape index (κ1) is 14.8. The van der Waals surface area contributed by atoms with Crippen LogP contribution in [0.1, 0.15) is 55.6 Å². The molecule has 5 nitrogen and oxygen atoms in total. The zero-order valence-corrected chi connectivity index (χ0v) is 13.4. The molecule has 1 aromatic rings. The van der Waals surface area contributed by atoms with Crippen molar-refractivity contribution in [2.24, 2.45) is 0 Å². The van der Waals surface area contributed by atoms with E-state index in [-0.39, 0.29) is 17.4 Å². The molecule has 1 aliphatic heterocycles. The molecule has 1 N–H and O–H groups in total. The third-order valence-electron chi connectivity index (χ3n) is 4.34. The molecule has 21 heavy (non-hydrogen) atoms. The van der Waals surface area contributed by atoms with E-state index < -0.39 is 9.84 Å². The highest BCUT2D eigenvalue weighted by Crippen LogP contribution is 2.31. The van der Waals surface area contributed by atoms with Gasteiger partial charge in [-0.1, -0.05) is 6.92 Å². The van der Waals surface area contributed by atoms with Crippen LogP contribution in [0.3, 0.4) is 0 Å². The molecule has 1 unspecified atom stereocenters. The third-order valence-corrected chi connectivity index (χ3v) is 6.11. The lowest BCUT2D eigenvalue weighted by Crippen LogP contribution is -2.17. The number of nitrogens with one attached hydrogen (secondary N) is 1. The topological polar surface area (TPSA) is 72.0 Å². The van der Waals surface area contributed by atoms with Gasteiger partial charge in [-0.2, -0.15) is 0 Å². The number of sulfone groups is 1. The predicted octanol–water partition coefficient (Wildman–Crippen LogP) is 2.08. The summed E-state index contributed by atoms with van der Waals surface area (Å²) < 4.78 is 23.4. The molecule has 0 radical (unpaired) electrons. The maximum absolute atomic E-state index is 11.7. The van der Waals surface area contributed by atoms with E-state index in [0.717, 1.165) is 43.1 Å². The number of anilines is 1. The molecule has 0 saturated carbocycles. The second-order valence-electron chi connectivity index (χ2n) is 6.09. The minimum atomic E-state index is -2.90. The lowest BCUT2D eigenvalue weighted by atomic mass is 9.95. The Kier molecular flexibility index (Phi) is 4.15. The molecule has 1 aliphatic carbocycles. The van der Waals surface area contributed by atoms with Crippen LogP contribution in [0.5, 0.6) is 0 Å². The van der Waals surface area contributed by atoms with Gasteiger partial charge in [0, 0.05) is 23.7 Å². The van der Waals surface area contributed by atoms with E-state index in [9.17, 15) is 8.42 Å². The Morgan fingerprint density at radius 3 is 2.76 bits per heavy atom. The molecule has 1 saturated heterocycles. The van der Waals surface area contributed by atoms with Crippen molar-refractivity contribution in [1.82, 2.24) is 9.97 Å². The third kappa shape index (κ3) is 3.20. The maximum Gasteiger partial charge on any atom is 0.151 e. The molecule has 2 heterocycles. The number of rotatable bonds is 4. The molecule has 2 aliphatic rings. The van der Waals surface area contributed by atoms with Crippen LogP contribution >= 0.6 is 0 Å². The van der Waals surface area contributed by atoms with E-state index in [1.807, 2.05) is 0 Å². The van der Waals surface area contributed by atoms with Crippen molar-refractivity contribution in [2.75, 3.05) is 23.4 Å². The van der Waals surface area contributed by atoms with E-state index in [1.54, 1.807) is 0 Å². The van der Waals surface area contributed by atoms with Gasteiger partial charge in [0.25, 0.3) is 0 Å². The highest BCUT2D eigenvalue weighted by atomic mass is 32.2. The maximum atomic E-state index is 11.7. The lowest BCUT2D eigenvalue weighted by molar-refractivity contribution is 0.600. The van der Waals surface area contributed by atoms with Gasteiger partial charge in [-0.25, -0.2) is 18.4 Å². The summed E-state index contributed by atoms with van der Waals surface area (Å²) in [7, 11) is -2.90. The molecule has 0 amide bonds. The van der Waals surface area contributed by atoms with Gasteiger partial charge in [0.15, 0.2) is 9.84 Å². The average Bonchev–Trinajstić information content (AvgIpc) is 2.84. The Labute approximate surface area is 126 Å². The van der Waals surface area contributed by atoms with Crippen LogP contribution in [0, 0.1) is 0 Å². The summed E-state index contributed by atoms with van der Waals surface area (Å²) in [5.41, 5.74) is 2.38. The summed E-state index contributed by atoms with van der Waals surface area (Å²) in [5.74, 6) is 2.13. The van der Waals surface area contributed by atoms with E-state index in [2.05, 4.69) is 17.2 Å². The van der Waals surface area contributed by atoms with Crippen LogP contribution in [0.25, 0.3) is 0 Å². The van der Waals surface area contributed by atoms with Crippen molar-refractivity contribution >= 4 is 15.7 Å². The molecule has 0 spiro atoms. The highest BCUT2D eigenvalue weighted by Gasteiger charge is 2.32. The fraction of sp³-hybridized carbons (Fsp3) is 0.733. The number of fused-ring (bicyclic) bond motifs is 1. The molecule has 116 valence electrons. The second kappa shape index (κ2) is 5.91. The Balaban J connectivity index is 1.94. The van der Waals surface area contributed by atoms with Crippen molar-refractivity contribution in [3.63, 3.8) is 0 Å². The Morgan fingerprint density at radius 2 is 2.05 bits per heavy atom. The summed E-state index contributed by atoms with van der Waals surface area (Å²) in [5, 5.41) is 3.41. The summed E-state index contributed by atoms with van der Waals surface area (Å²) >= 11 is 0. The van der Waals surface area contributed by atoms with Crippen LogP contribution in [0.4, 0.5) is 5.82 Å². The normalized spacial score (nSPS) is 23.8. The number of aryl methyl sites for hydroxylation is 1. The monoisotopic (exact) mass is 309 g/mol. The summed E-state index contributed by atoms with van der Waals surface area (Å²) in [6.07, 6.45) is 6.09. The van der Waals surface area contributed by atoms with Gasteiger partial charge in [0.05, 0.1) is 11.5 Å². The number of hydrogen-bond donors (Lipinski definition) is 1. The van der Waals surface area contributed by atoms with E-state index >= 15 is 0 Å². The van der Waals surface area contributed by atoms with Crippen LogP contribution in [-0.4, -0.2) is 36.4 Å². The smallest absolute Gasteiger partial charge is 0.151 e. The van der Waals surface area contributed by atoms with E-state index in [1.165, 1.54) is 18.4 Å². The molecular weight excluding hydrogens is 286 g/mol. The standard InChI is InChI=1S/C15H23N3O2S/c1-2-8-16-15-12-5-3-4-6-13(12)17-14(18-15)11-7-9-21(19,20)10-11/h11H,2-10H2,1H3,(H,16,17,18). The van der Waals surface area contributed by atoms with Crippen molar-refractivity contribution in [3.05, 3.63) is 17.1 Å². The van der Waals surface area contributed by atoms with Gasteiger partial charge in [-0.3, -0.25) is 0 Å². The predicted molar refractivity (Wildman–Crippen MR) is 83.5 cm³/mol. The first-order valence-electron chi connectivity index (χ1n) is 7.93. The first-order chi connectivity index (χ1) is 10.1. The van der Waals surface area contributed by atoms with Gasteiger partial charge >= 0.3 is 0 Å². The Bertz CT molecular complexity index is 628. The van der Waals surface area contributed by atoms with Crippen molar-refractivity contribution in [3.8, 4) is 0 Å². The fourth-order valence-corrected chi connectivity index (χ4v) is 4.92. The van der Waals surface area contributed by atoms with Crippen molar-refractivity contribution < 1.29 is 8.42 Å². The van der Waals surface area contributed by atoms with Gasteiger partial charge in [0.2, 0.25) is 0 Å². The Hall–Kier alpha value is -1.17. The molecule has 1 aromatic heterocycles. The van der Waals surface area contributed by atoms with E-state index in [4.69, 9.17) is 4.98 Å². The average molecular weight is 309 g/mol. The minimum Gasteiger partial charge on any atom is -0.370 e. The number of nitrogens with zero attached hydrogens (tertiary/aromatic N) is 2. The molecule has 0 bridgehead atoms. The number of aromatic nitrogens is 2. The van der Waals surface area contributed by atoms with Crippen molar-refractivity contribution in [2.45, 2.75) is 51.4 Å². The Morgan fingerprint density at radius 1 is 1.24 bits per heavy atom. The molecule has 6 heteroatoms. The fourth-order valence-electron chi connectivity index (χ4n) is 3.18. The molecule has 1 fully saturated rings. The molecular formula is C15H23N3O2S.